The average Bonchev–Trinajstić information content (AvgIpc) is 3.44. The predicted molar refractivity (Wildman–Crippen MR) is 117 cm³/mol. The third-order valence-corrected chi connectivity index (χ3v) is 8.41. The molecule has 2 aromatic rings. The molecule has 1 aromatic heterocycles. The van der Waals surface area contributed by atoms with Gasteiger partial charge >= 0.3 is 0 Å². The summed E-state index contributed by atoms with van der Waals surface area (Å²) in [5.41, 5.74) is 0.467. The van der Waals surface area contributed by atoms with Crippen LogP contribution in [0.2, 0.25) is 0 Å². The quantitative estimate of drug-likeness (QED) is 0.656. The van der Waals surface area contributed by atoms with Crippen LogP contribution >= 0.6 is 11.3 Å². The summed E-state index contributed by atoms with van der Waals surface area (Å²) in [7, 11) is -3.51. The van der Waals surface area contributed by atoms with Crippen molar-refractivity contribution in [3.8, 4) is 0 Å². The van der Waals surface area contributed by atoms with Crippen LogP contribution in [0, 0.1) is 0 Å². The molecule has 0 spiro atoms. The molecular weight excluding hydrogens is 406 g/mol. The summed E-state index contributed by atoms with van der Waals surface area (Å²) in [5.74, 6) is -0.183. The Labute approximate surface area is 177 Å². The van der Waals surface area contributed by atoms with E-state index in [4.69, 9.17) is 0 Å². The lowest BCUT2D eigenvalue weighted by molar-refractivity contribution is 0.0938. The van der Waals surface area contributed by atoms with Gasteiger partial charge in [0.25, 0.3) is 5.91 Å². The number of nitrogens with one attached hydrogen (secondary N) is 1. The number of sulfonamides is 1. The van der Waals surface area contributed by atoms with Crippen LogP contribution in [0.4, 0.5) is 0 Å². The van der Waals surface area contributed by atoms with E-state index in [9.17, 15) is 13.2 Å². The molecule has 1 N–H and O–H groups in total. The Morgan fingerprint density at radius 1 is 1.14 bits per heavy atom. The first-order chi connectivity index (χ1) is 14.0. The summed E-state index contributed by atoms with van der Waals surface area (Å²) in [6.45, 7) is 7.11. The van der Waals surface area contributed by atoms with Gasteiger partial charge in [0, 0.05) is 30.1 Å². The second kappa shape index (κ2) is 9.84. The average molecular weight is 436 g/mol. The molecule has 1 aliphatic heterocycles. The zero-order valence-corrected chi connectivity index (χ0v) is 18.6. The molecule has 1 amide bonds. The van der Waals surface area contributed by atoms with Crippen LogP contribution in [-0.4, -0.2) is 56.3 Å². The summed E-state index contributed by atoms with van der Waals surface area (Å²) in [6.07, 6.45) is 2.39. The molecule has 1 atom stereocenters. The van der Waals surface area contributed by atoms with Crippen LogP contribution < -0.4 is 5.32 Å². The Bertz CT molecular complexity index is 886. The van der Waals surface area contributed by atoms with Crippen molar-refractivity contribution in [2.75, 3.05) is 32.7 Å². The number of nitrogens with zero attached hydrogens (tertiary/aromatic N) is 2. The molecule has 1 unspecified atom stereocenters. The molecule has 3 rings (SSSR count). The predicted octanol–water partition coefficient (Wildman–Crippen LogP) is 3.35. The van der Waals surface area contributed by atoms with Gasteiger partial charge < -0.3 is 5.32 Å². The van der Waals surface area contributed by atoms with Crippen LogP contribution in [0.3, 0.4) is 0 Å². The van der Waals surface area contributed by atoms with Crippen LogP contribution in [0.15, 0.2) is 46.7 Å². The summed E-state index contributed by atoms with van der Waals surface area (Å²) in [5, 5.41) is 5.10. The van der Waals surface area contributed by atoms with Gasteiger partial charge in [-0.2, -0.15) is 4.31 Å². The molecule has 6 nitrogen and oxygen atoms in total. The van der Waals surface area contributed by atoms with Gasteiger partial charge in [-0.3, -0.25) is 9.69 Å². The van der Waals surface area contributed by atoms with E-state index < -0.39 is 10.0 Å². The summed E-state index contributed by atoms with van der Waals surface area (Å²) < 4.78 is 26.6. The maximum absolute atomic E-state index is 12.7. The number of likely N-dealkylation sites (tertiary alicyclic amines) is 1. The molecule has 0 saturated carbocycles. The number of carbonyl (C=O) groups excluding carboxylic acids is 1. The van der Waals surface area contributed by atoms with Crippen molar-refractivity contribution in [2.24, 2.45) is 0 Å². The molecule has 0 radical (unpaired) electrons. The minimum atomic E-state index is -3.51. The van der Waals surface area contributed by atoms with E-state index in [1.54, 1.807) is 23.5 Å². The number of rotatable bonds is 9. The van der Waals surface area contributed by atoms with Crippen LogP contribution in [0.1, 0.15) is 48.0 Å². The van der Waals surface area contributed by atoms with E-state index in [0.717, 1.165) is 13.1 Å². The zero-order chi connectivity index (χ0) is 20.9. The third kappa shape index (κ3) is 5.06. The number of thiophene rings is 1. The Hall–Kier alpha value is -1.74. The molecule has 1 saturated heterocycles. The highest BCUT2D eigenvalue weighted by Gasteiger charge is 2.25. The Kier molecular flexibility index (Phi) is 7.45. The smallest absolute Gasteiger partial charge is 0.251 e. The van der Waals surface area contributed by atoms with Crippen LogP contribution in [0.25, 0.3) is 0 Å². The van der Waals surface area contributed by atoms with E-state index in [1.165, 1.54) is 34.2 Å². The first kappa shape index (κ1) is 22.0. The summed E-state index contributed by atoms with van der Waals surface area (Å²) in [4.78, 5) is 16.5. The van der Waals surface area contributed by atoms with Gasteiger partial charge in [0.2, 0.25) is 10.0 Å². The molecule has 1 aromatic carbocycles. The first-order valence-corrected chi connectivity index (χ1v) is 12.4. The largest absolute Gasteiger partial charge is 0.350 e. The Balaban J connectivity index is 1.67. The zero-order valence-electron chi connectivity index (χ0n) is 17.0. The molecule has 1 fully saturated rings. The van der Waals surface area contributed by atoms with Gasteiger partial charge in [0.15, 0.2) is 0 Å². The molecule has 1 aliphatic rings. The van der Waals surface area contributed by atoms with Gasteiger partial charge in [-0.15, -0.1) is 11.3 Å². The fourth-order valence-corrected chi connectivity index (χ4v) is 6.04. The summed E-state index contributed by atoms with van der Waals surface area (Å²) in [6, 6.07) is 10.5. The van der Waals surface area contributed by atoms with Crippen molar-refractivity contribution < 1.29 is 13.2 Å². The highest BCUT2D eigenvalue weighted by atomic mass is 32.2. The maximum Gasteiger partial charge on any atom is 0.251 e. The molecular formula is C21H29N3O3S2. The number of carbonyl (C=O) groups is 1. The minimum absolute atomic E-state index is 0.183. The lowest BCUT2D eigenvalue weighted by atomic mass is 10.2. The monoisotopic (exact) mass is 435 g/mol. The SMILES string of the molecule is CCN(CC)S(=O)(=O)c1ccc(C(=O)NCC(c2cccs2)N2CCCC2)cc1. The van der Waals surface area contributed by atoms with E-state index >= 15 is 0 Å². The number of benzene rings is 1. The minimum Gasteiger partial charge on any atom is -0.350 e. The highest BCUT2D eigenvalue weighted by molar-refractivity contribution is 7.89. The molecule has 2 heterocycles. The number of hydrogen-bond donors (Lipinski definition) is 1. The molecule has 0 aliphatic carbocycles. The second-order valence-electron chi connectivity index (χ2n) is 7.10. The van der Waals surface area contributed by atoms with Gasteiger partial charge in [-0.1, -0.05) is 19.9 Å². The topological polar surface area (TPSA) is 69.7 Å². The molecule has 29 heavy (non-hydrogen) atoms. The van der Waals surface area contributed by atoms with Crippen molar-refractivity contribution in [3.05, 3.63) is 52.2 Å². The second-order valence-corrected chi connectivity index (χ2v) is 10.0. The molecule has 0 bridgehead atoms. The lowest BCUT2D eigenvalue weighted by Gasteiger charge is -2.27. The van der Waals surface area contributed by atoms with Crippen molar-refractivity contribution >= 4 is 27.3 Å². The van der Waals surface area contributed by atoms with Gasteiger partial charge in [0.05, 0.1) is 10.9 Å². The van der Waals surface area contributed by atoms with Gasteiger partial charge in [-0.25, -0.2) is 8.42 Å². The van der Waals surface area contributed by atoms with Gasteiger partial charge in [-0.05, 0) is 61.6 Å². The van der Waals surface area contributed by atoms with Crippen molar-refractivity contribution in [1.29, 1.82) is 0 Å². The standard InChI is InChI=1S/C21H29N3O3S2/c1-3-24(4-2)29(26,27)18-11-9-17(10-12-18)21(25)22-16-19(20-8-7-15-28-20)23-13-5-6-14-23/h7-12,15,19H,3-6,13-14,16H2,1-2H3,(H,22,25). The molecule has 158 valence electrons. The highest BCUT2D eigenvalue weighted by Crippen LogP contribution is 2.28. The normalized spacial score (nSPS) is 16.2. The Morgan fingerprint density at radius 3 is 2.34 bits per heavy atom. The first-order valence-electron chi connectivity index (χ1n) is 10.1. The van der Waals surface area contributed by atoms with Crippen molar-refractivity contribution in [3.63, 3.8) is 0 Å². The van der Waals surface area contributed by atoms with Crippen molar-refractivity contribution in [1.82, 2.24) is 14.5 Å². The fourth-order valence-electron chi connectivity index (χ4n) is 3.73. The number of hydrogen-bond acceptors (Lipinski definition) is 5. The van der Waals surface area contributed by atoms with Crippen LogP contribution in [-0.2, 0) is 10.0 Å². The maximum atomic E-state index is 12.7. The van der Waals surface area contributed by atoms with E-state index in [2.05, 4.69) is 21.7 Å². The molecule has 8 heteroatoms. The summed E-state index contributed by atoms with van der Waals surface area (Å²) >= 11 is 1.71. The van der Waals surface area contributed by atoms with E-state index in [0.29, 0.717) is 25.2 Å². The van der Waals surface area contributed by atoms with Crippen molar-refractivity contribution in [2.45, 2.75) is 37.6 Å². The van der Waals surface area contributed by atoms with E-state index in [1.807, 2.05) is 19.9 Å². The van der Waals surface area contributed by atoms with Gasteiger partial charge in [0.1, 0.15) is 0 Å². The third-order valence-electron chi connectivity index (χ3n) is 5.37. The van der Waals surface area contributed by atoms with Crippen LogP contribution in [0.5, 0.6) is 0 Å². The van der Waals surface area contributed by atoms with E-state index in [-0.39, 0.29) is 16.8 Å². The Morgan fingerprint density at radius 2 is 1.79 bits per heavy atom. The lowest BCUT2D eigenvalue weighted by Crippen LogP contribution is -2.36. The fraction of sp³-hybridized carbons (Fsp3) is 0.476. The number of amides is 1.